The summed E-state index contributed by atoms with van der Waals surface area (Å²) in [5.74, 6) is -1.29. The lowest BCUT2D eigenvalue weighted by Gasteiger charge is -2.33. The Labute approximate surface area is 263 Å². The molecular formula is C35H55N3O6. The number of carbonyl (C=O) groups is 3. The lowest BCUT2D eigenvalue weighted by Crippen LogP contribution is -2.60. The minimum absolute atomic E-state index is 0.138. The second kappa shape index (κ2) is 16.8. The maximum atomic E-state index is 13.9. The lowest BCUT2D eigenvalue weighted by atomic mass is 9.91. The van der Waals surface area contributed by atoms with Crippen molar-refractivity contribution in [2.75, 3.05) is 0 Å². The minimum atomic E-state index is -1.23. The van der Waals surface area contributed by atoms with Gasteiger partial charge in [-0.1, -0.05) is 96.8 Å². The largest absolute Gasteiger partial charge is 0.444 e. The Kier molecular flexibility index (Phi) is 14.1. The van der Waals surface area contributed by atoms with Crippen LogP contribution in [0, 0.1) is 17.8 Å². The molecule has 0 aromatic heterocycles. The molecule has 9 nitrogen and oxygen atoms in total. The van der Waals surface area contributed by atoms with Crippen LogP contribution in [0.3, 0.4) is 0 Å². The molecule has 2 aromatic carbocycles. The van der Waals surface area contributed by atoms with Crippen LogP contribution in [0.4, 0.5) is 4.79 Å². The predicted molar refractivity (Wildman–Crippen MR) is 175 cm³/mol. The zero-order valence-corrected chi connectivity index (χ0v) is 28.0. The highest BCUT2D eigenvalue weighted by molar-refractivity contribution is 5.92. The maximum absolute atomic E-state index is 13.9. The van der Waals surface area contributed by atoms with E-state index in [9.17, 15) is 24.6 Å². The van der Waals surface area contributed by atoms with Crippen molar-refractivity contribution in [3.63, 3.8) is 0 Å². The van der Waals surface area contributed by atoms with Gasteiger partial charge in [-0.25, -0.2) is 4.79 Å². The van der Waals surface area contributed by atoms with Crippen LogP contribution in [-0.2, 0) is 20.7 Å². The van der Waals surface area contributed by atoms with Crippen LogP contribution in [0.25, 0.3) is 10.8 Å². The normalized spacial score (nSPS) is 16.7. The predicted octanol–water partition coefficient (Wildman–Crippen LogP) is 5.11. The number of benzene rings is 2. The number of rotatable bonds is 15. The van der Waals surface area contributed by atoms with Crippen molar-refractivity contribution in [1.29, 1.82) is 0 Å². The highest BCUT2D eigenvalue weighted by Crippen LogP contribution is 2.20. The topological polar surface area (TPSA) is 137 Å². The summed E-state index contributed by atoms with van der Waals surface area (Å²) in [4.78, 5) is 40.1. The number of amides is 3. The molecule has 7 atom stereocenters. The average Bonchev–Trinajstić information content (AvgIpc) is 2.95. The van der Waals surface area contributed by atoms with Crippen LogP contribution >= 0.6 is 0 Å². The molecule has 0 heterocycles. The van der Waals surface area contributed by atoms with E-state index in [2.05, 4.69) is 16.0 Å². The average molecular weight is 614 g/mol. The van der Waals surface area contributed by atoms with Crippen LogP contribution in [0.1, 0.15) is 87.1 Å². The van der Waals surface area contributed by atoms with Gasteiger partial charge in [-0.3, -0.25) is 9.59 Å². The number of hydrogen-bond acceptors (Lipinski definition) is 6. The first-order chi connectivity index (χ1) is 20.6. The molecule has 0 radical (unpaired) electrons. The van der Waals surface area contributed by atoms with Gasteiger partial charge < -0.3 is 30.9 Å². The zero-order chi connectivity index (χ0) is 33.2. The number of aliphatic hydroxyl groups is 2. The molecule has 5 N–H and O–H groups in total. The van der Waals surface area contributed by atoms with Crippen LogP contribution in [-0.4, -0.2) is 64.1 Å². The monoisotopic (exact) mass is 613 g/mol. The van der Waals surface area contributed by atoms with Gasteiger partial charge >= 0.3 is 6.09 Å². The molecule has 0 aliphatic carbocycles. The van der Waals surface area contributed by atoms with E-state index in [-0.39, 0.29) is 24.2 Å². The van der Waals surface area contributed by atoms with Crippen molar-refractivity contribution in [2.45, 2.75) is 124 Å². The minimum Gasteiger partial charge on any atom is -0.444 e. The Bertz CT molecular complexity index is 1230. The van der Waals surface area contributed by atoms with Gasteiger partial charge in [-0.2, -0.15) is 0 Å². The Morgan fingerprint density at radius 2 is 1.34 bits per heavy atom. The molecule has 2 aromatic rings. The van der Waals surface area contributed by atoms with Crippen molar-refractivity contribution >= 4 is 28.7 Å². The summed E-state index contributed by atoms with van der Waals surface area (Å²) in [6.07, 6.45) is -1.14. The van der Waals surface area contributed by atoms with E-state index in [1.54, 1.807) is 20.8 Å². The van der Waals surface area contributed by atoms with E-state index < -0.39 is 53.8 Å². The Morgan fingerprint density at radius 1 is 0.795 bits per heavy atom. The summed E-state index contributed by atoms with van der Waals surface area (Å²) >= 11 is 0. The molecule has 0 bridgehead atoms. The van der Waals surface area contributed by atoms with Gasteiger partial charge in [0.05, 0.1) is 12.1 Å². The van der Waals surface area contributed by atoms with Crippen molar-refractivity contribution in [2.24, 2.45) is 17.8 Å². The number of carbonyl (C=O) groups excluding carboxylic acids is 3. The molecule has 246 valence electrons. The quantitative estimate of drug-likeness (QED) is 0.190. The Morgan fingerprint density at radius 3 is 1.89 bits per heavy atom. The third kappa shape index (κ3) is 11.4. The summed E-state index contributed by atoms with van der Waals surface area (Å²) in [6, 6.07) is 11.2. The third-order valence-electron chi connectivity index (χ3n) is 8.08. The molecule has 0 saturated heterocycles. The molecule has 44 heavy (non-hydrogen) atoms. The Balaban J connectivity index is 2.34. The van der Waals surface area contributed by atoms with Crippen LogP contribution in [0.2, 0.25) is 0 Å². The fourth-order valence-electron chi connectivity index (χ4n) is 5.12. The number of alkyl carbamates (subject to hydrolysis) is 1. The molecule has 2 rings (SSSR count). The SMILES string of the molecule is CC[C@@H](C)[C@H](NC(=O)OC(C)(C)C)C(=O)N[C@H](C(=O)N[C@@H](Cc1ccc2ccccc2c1)[C@@H](O)[C@@H](O)CC(C)C)[C@H](C)CC. The number of fused-ring (bicyclic) bond motifs is 1. The van der Waals surface area contributed by atoms with Gasteiger partial charge in [-0.15, -0.1) is 0 Å². The van der Waals surface area contributed by atoms with Gasteiger partial charge in [0, 0.05) is 0 Å². The van der Waals surface area contributed by atoms with Crippen molar-refractivity contribution < 1.29 is 29.3 Å². The van der Waals surface area contributed by atoms with Gasteiger partial charge in [0.15, 0.2) is 0 Å². The fourth-order valence-corrected chi connectivity index (χ4v) is 5.12. The molecule has 0 fully saturated rings. The first kappa shape index (κ1) is 37.0. The van der Waals surface area contributed by atoms with Gasteiger partial charge in [0.2, 0.25) is 11.8 Å². The van der Waals surface area contributed by atoms with E-state index in [1.807, 2.05) is 84.0 Å². The van der Waals surface area contributed by atoms with Crippen molar-refractivity contribution in [1.82, 2.24) is 16.0 Å². The highest BCUT2D eigenvalue weighted by atomic mass is 16.6. The Hall–Kier alpha value is -3.17. The molecule has 0 aliphatic heterocycles. The third-order valence-corrected chi connectivity index (χ3v) is 8.08. The number of nitrogens with one attached hydrogen (secondary N) is 3. The van der Waals surface area contributed by atoms with E-state index in [0.29, 0.717) is 19.3 Å². The van der Waals surface area contributed by atoms with Crippen LogP contribution < -0.4 is 16.0 Å². The van der Waals surface area contributed by atoms with E-state index >= 15 is 0 Å². The number of ether oxygens (including phenoxy) is 1. The maximum Gasteiger partial charge on any atom is 0.408 e. The molecule has 0 saturated carbocycles. The first-order valence-corrected chi connectivity index (χ1v) is 16.0. The fraction of sp³-hybridized carbons (Fsp3) is 0.629. The number of aliphatic hydroxyl groups excluding tert-OH is 2. The number of hydrogen-bond donors (Lipinski definition) is 5. The summed E-state index contributed by atoms with van der Waals surface area (Å²) in [5, 5.41) is 32.8. The molecular weight excluding hydrogens is 558 g/mol. The van der Waals surface area contributed by atoms with Crippen LogP contribution in [0.15, 0.2) is 42.5 Å². The van der Waals surface area contributed by atoms with E-state index in [1.165, 1.54) is 0 Å². The molecule has 0 aliphatic rings. The summed E-state index contributed by atoms with van der Waals surface area (Å²) in [6.45, 7) is 16.7. The van der Waals surface area contributed by atoms with Gasteiger partial charge in [-0.05, 0) is 67.7 Å². The first-order valence-electron chi connectivity index (χ1n) is 16.0. The molecule has 0 spiro atoms. The summed E-state index contributed by atoms with van der Waals surface area (Å²) in [5.41, 5.74) is 0.160. The zero-order valence-electron chi connectivity index (χ0n) is 28.0. The highest BCUT2D eigenvalue weighted by Gasteiger charge is 2.36. The summed E-state index contributed by atoms with van der Waals surface area (Å²) in [7, 11) is 0. The van der Waals surface area contributed by atoms with Crippen molar-refractivity contribution in [3.05, 3.63) is 48.0 Å². The second-order valence-corrected chi connectivity index (χ2v) is 13.6. The molecule has 0 unspecified atom stereocenters. The van der Waals surface area contributed by atoms with Crippen molar-refractivity contribution in [3.8, 4) is 0 Å². The lowest BCUT2D eigenvalue weighted by molar-refractivity contribution is -0.133. The van der Waals surface area contributed by atoms with E-state index in [4.69, 9.17) is 4.74 Å². The smallest absolute Gasteiger partial charge is 0.408 e. The van der Waals surface area contributed by atoms with E-state index in [0.717, 1.165) is 16.3 Å². The summed E-state index contributed by atoms with van der Waals surface area (Å²) < 4.78 is 5.39. The standard InChI is InChI=1S/C35H55N3O6/c1-10-22(5)29(37-33(42)30(23(6)11-2)38-34(43)44-35(7,8)9)32(41)36-27(31(40)28(39)18-21(3)4)20-24-16-17-25-14-12-13-15-26(25)19-24/h12-17,19,21-23,27-31,39-40H,10-11,18,20H2,1-9H3,(H,36,41)(H,37,42)(H,38,43)/t22-,23-,27+,28+,29+,30+,31-/m1/s1. The van der Waals surface area contributed by atoms with Crippen LogP contribution in [0.5, 0.6) is 0 Å². The molecule has 3 amide bonds. The van der Waals surface area contributed by atoms with Gasteiger partial charge in [0.1, 0.15) is 23.8 Å². The second-order valence-electron chi connectivity index (χ2n) is 13.6. The molecule has 9 heteroatoms. The van der Waals surface area contributed by atoms with Gasteiger partial charge in [0.25, 0.3) is 0 Å².